The van der Waals surface area contributed by atoms with Crippen LogP contribution in [-0.2, 0) is 11.2 Å². The number of anilines is 3. The lowest BCUT2D eigenvalue weighted by Gasteiger charge is -2.38. The predicted octanol–water partition coefficient (Wildman–Crippen LogP) is 2.17. The highest BCUT2D eigenvalue weighted by Gasteiger charge is 2.24. The first-order chi connectivity index (χ1) is 13.7. The summed E-state index contributed by atoms with van der Waals surface area (Å²) < 4.78 is 0. The highest BCUT2D eigenvalue weighted by molar-refractivity contribution is 5.95. The smallest absolute Gasteiger partial charge is 0.224 e. The minimum absolute atomic E-state index is 0.104. The minimum atomic E-state index is -0.397. The van der Waals surface area contributed by atoms with E-state index in [0.29, 0.717) is 19.5 Å². The number of rotatable bonds is 6. The van der Waals surface area contributed by atoms with Crippen molar-refractivity contribution in [2.45, 2.75) is 18.9 Å². The molecule has 2 aromatic carbocycles. The molecule has 3 N–H and O–H groups in total. The molecule has 0 aliphatic carbocycles. The first kappa shape index (κ1) is 18.8. The molecule has 0 aromatic heterocycles. The summed E-state index contributed by atoms with van der Waals surface area (Å²) >= 11 is 0. The SMILES string of the molecule is O=C1CCc2c(cccc2N2CCN(CC(O)CNc3ccccc3)CC2)N1. The number of aliphatic hydroxyl groups excluding tert-OH is 1. The molecule has 0 spiro atoms. The number of carbonyl (C=O) groups excluding carboxylic acids is 1. The molecule has 1 amide bonds. The fraction of sp³-hybridized carbons (Fsp3) is 0.409. The second-order valence-corrected chi connectivity index (χ2v) is 7.54. The van der Waals surface area contributed by atoms with Gasteiger partial charge in [0, 0.05) is 62.8 Å². The maximum Gasteiger partial charge on any atom is 0.224 e. The number of aliphatic hydroxyl groups is 1. The van der Waals surface area contributed by atoms with Gasteiger partial charge in [-0.05, 0) is 36.2 Å². The number of benzene rings is 2. The van der Waals surface area contributed by atoms with Crippen LogP contribution in [-0.4, -0.2) is 61.3 Å². The maximum atomic E-state index is 11.6. The fourth-order valence-electron chi connectivity index (χ4n) is 4.03. The molecule has 2 heterocycles. The van der Waals surface area contributed by atoms with E-state index in [1.807, 2.05) is 42.5 Å². The predicted molar refractivity (Wildman–Crippen MR) is 113 cm³/mol. The molecule has 0 bridgehead atoms. The Morgan fingerprint density at radius 2 is 1.79 bits per heavy atom. The van der Waals surface area contributed by atoms with Gasteiger partial charge < -0.3 is 20.6 Å². The number of hydrogen-bond donors (Lipinski definition) is 3. The normalized spacial score (nSPS) is 18.3. The summed E-state index contributed by atoms with van der Waals surface area (Å²) in [6.07, 6.45) is 0.970. The minimum Gasteiger partial charge on any atom is -0.390 e. The van der Waals surface area contributed by atoms with Crippen molar-refractivity contribution in [1.29, 1.82) is 0 Å². The zero-order chi connectivity index (χ0) is 19.3. The number of piperazine rings is 1. The third-order valence-corrected chi connectivity index (χ3v) is 5.52. The fourth-order valence-corrected chi connectivity index (χ4v) is 4.03. The number of hydrogen-bond acceptors (Lipinski definition) is 5. The van der Waals surface area contributed by atoms with Crippen LogP contribution in [0.5, 0.6) is 0 Å². The lowest BCUT2D eigenvalue weighted by Crippen LogP contribution is -2.49. The molecule has 148 valence electrons. The first-order valence-corrected chi connectivity index (χ1v) is 10.0. The van der Waals surface area contributed by atoms with Gasteiger partial charge in [-0.15, -0.1) is 0 Å². The Bertz CT molecular complexity index is 803. The van der Waals surface area contributed by atoms with Crippen LogP contribution in [0.4, 0.5) is 17.1 Å². The second-order valence-electron chi connectivity index (χ2n) is 7.54. The van der Waals surface area contributed by atoms with E-state index in [-0.39, 0.29) is 5.91 Å². The Hall–Kier alpha value is -2.57. The quantitative estimate of drug-likeness (QED) is 0.717. The van der Waals surface area contributed by atoms with E-state index in [0.717, 1.165) is 44.0 Å². The third-order valence-electron chi connectivity index (χ3n) is 5.52. The van der Waals surface area contributed by atoms with Crippen molar-refractivity contribution in [3.63, 3.8) is 0 Å². The van der Waals surface area contributed by atoms with E-state index in [9.17, 15) is 9.90 Å². The van der Waals surface area contributed by atoms with Gasteiger partial charge in [0.25, 0.3) is 0 Å². The van der Waals surface area contributed by atoms with Crippen LogP contribution in [0.25, 0.3) is 0 Å². The van der Waals surface area contributed by atoms with Crippen LogP contribution in [0.1, 0.15) is 12.0 Å². The number of β-amino-alcohol motifs (C(OH)–C–C–N with tert-alkyl or cyclic N) is 1. The molecule has 6 nitrogen and oxygen atoms in total. The van der Waals surface area contributed by atoms with E-state index >= 15 is 0 Å². The number of nitrogens with one attached hydrogen (secondary N) is 2. The highest BCUT2D eigenvalue weighted by Crippen LogP contribution is 2.32. The van der Waals surface area contributed by atoms with Gasteiger partial charge in [-0.25, -0.2) is 0 Å². The Kier molecular flexibility index (Phi) is 5.78. The van der Waals surface area contributed by atoms with Gasteiger partial charge in [0.05, 0.1) is 6.10 Å². The van der Waals surface area contributed by atoms with E-state index < -0.39 is 6.10 Å². The second kappa shape index (κ2) is 8.63. The van der Waals surface area contributed by atoms with E-state index in [1.165, 1.54) is 11.3 Å². The summed E-state index contributed by atoms with van der Waals surface area (Å²) in [5, 5.41) is 16.6. The lowest BCUT2D eigenvalue weighted by atomic mass is 10.00. The van der Waals surface area contributed by atoms with Crippen molar-refractivity contribution >= 4 is 23.0 Å². The van der Waals surface area contributed by atoms with Crippen LogP contribution >= 0.6 is 0 Å². The number of carbonyl (C=O) groups is 1. The van der Waals surface area contributed by atoms with E-state index in [4.69, 9.17) is 0 Å². The van der Waals surface area contributed by atoms with Crippen molar-refractivity contribution in [1.82, 2.24) is 4.90 Å². The molecule has 2 aliphatic heterocycles. The number of nitrogens with zero attached hydrogens (tertiary/aromatic N) is 2. The average molecular weight is 380 g/mol. The van der Waals surface area contributed by atoms with Crippen molar-refractivity contribution in [3.8, 4) is 0 Å². The molecule has 4 rings (SSSR count). The average Bonchev–Trinajstić information content (AvgIpc) is 2.73. The summed E-state index contributed by atoms with van der Waals surface area (Å²) in [5.41, 5.74) is 4.48. The number of amides is 1. The summed E-state index contributed by atoms with van der Waals surface area (Å²) in [6.45, 7) is 4.95. The Labute approximate surface area is 166 Å². The van der Waals surface area contributed by atoms with Gasteiger partial charge in [0.2, 0.25) is 5.91 Å². The van der Waals surface area contributed by atoms with Gasteiger partial charge in [0.15, 0.2) is 0 Å². The molecule has 0 radical (unpaired) electrons. The van der Waals surface area contributed by atoms with Crippen molar-refractivity contribution in [2.24, 2.45) is 0 Å². The van der Waals surface area contributed by atoms with Gasteiger partial charge in [-0.1, -0.05) is 24.3 Å². The van der Waals surface area contributed by atoms with Gasteiger partial charge >= 0.3 is 0 Å². The maximum absolute atomic E-state index is 11.6. The van der Waals surface area contributed by atoms with Crippen molar-refractivity contribution in [2.75, 3.05) is 54.8 Å². The Morgan fingerprint density at radius 1 is 1.00 bits per heavy atom. The largest absolute Gasteiger partial charge is 0.390 e. The Balaban J connectivity index is 1.28. The molecule has 1 fully saturated rings. The summed E-state index contributed by atoms with van der Waals surface area (Å²) in [6, 6.07) is 16.1. The van der Waals surface area contributed by atoms with E-state index in [1.54, 1.807) is 0 Å². The molecular formula is C22H28N4O2. The van der Waals surface area contributed by atoms with Gasteiger partial charge in [0.1, 0.15) is 0 Å². The topological polar surface area (TPSA) is 67.8 Å². The zero-order valence-corrected chi connectivity index (χ0v) is 16.1. The van der Waals surface area contributed by atoms with Gasteiger partial charge in [-0.3, -0.25) is 9.69 Å². The highest BCUT2D eigenvalue weighted by atomic mass is 16.3. The van der Waals surface area contributed by atoms with Crippen LogP contribution in [0.3, 0.4) is 0 Å². The standard InChI is InChI=1S/C22H28N4O2/c27-18(15-23-17-5-2-1-3-6-17)16-25-11-13-26(14-12-25)21-8-4-7-20-19(21)9-10-22(28)24-20/h1-8,18,23,27H,9-16H2,(H,24,28). The van der Waals surface area contributed by atoms with Crippen LogP contribution in [0.15, 0.2) is 48.5 Å². The summed E-state index contributed by atoms with van der Waals surface area (Å²) in [7, 11) is 0. The summed E-state index contributed by atoms with van der Waals surface area (Å²) in [5.74, 6) is 0.104. The van der Waals surface area contributed by atoms with E-state index in [2.05, 4.69) is 26.5 Å². The molecule has 1 atom stereocenters. The number of para-hydroxylation sites is 1. The van der Waals surface area contributed by atoms with Crippen LogP contribution < -0.4 is 15.5 Å². The molecule has 1 saturated heterocycles. The summed E-state index contributed by atoms with van der Waals surface area (Å²) in [4.78, 5) is 16.4. The molecule has 2 aromatic rings. The molecule has 2 aliphatic rings. The third kappa shape index (κ3) is 4.46. The monoisotopic (exact) mass is 380 g/mol. The molecule has 1 unspecified atom stereocenters. The zero-order valence-electron chi connectivity index (χ0n) is 16.1. The lowest BCUT2D eigenvalue weighted by molar-refractivity contribution is -0.116. The molecule has 0 saturated carbocycles. The van der Waals surface area contributed by atoms with Crippen molar-refractivity contribution in [3.05, 3.63) is 54.1 Å². The van der Waals surface area contributed by atoms with Crippen molar-refractivity contribution < 1.29 is 9.90 Å². The first-order valence-electron chi connectivity index (χ1n) is 10.0. The van der Waals surface area contributed by atoms with Gasteiger partial charge in [-0.2, -0.15) is 0 Å². The molecule has 28 heavy (non-hydrogen) atoms. The van der Waals surface area contributed by atoms with Crippen LogP contribution in [0, 0.1) is 0 Å². The van der Waals surface area contributed by atoms with Crippen LogP contribution in [0.2, 0.25) is 0 Å². The Morgan fingerprint density at radius 3 is 2.57 bits per heavy atom. The molecular weight excluding hydrogens is 352 g/mol. The number of fused-ring (bicyclic) bond motifs is 1. The molecule has 6 heteroatoms.